The quantitative estimate of drug-likeness (QED) is 0.875. The summed E-state index contributed by atoms with van der Waals surface area (Å²) in [6, 6.07) is -0.0707. The van der Waals surface area contributed by atoms with Crippen LogP contribution in [0.4, 0.5) is 9.93 Å². The largest absolute Gasteiger partial charge is 0.376 e. The van der Waals surface area contributed by atoms with Gasteiger partial charge < -0.3 is 19.9 Å². The number of nitrogens with one attached hydrogen (secondary N) is 1. The SMILES string of the molecule is CN(C)C(=O)NCC1CC2(CO1)CN(c1nncs1)C2. The standard InChI is InChI=1S/C12H19N5O2S/c1-16(2)10(18)13-4-9-3-12(7-19-9)5-17(6-12)11-15-14-8-20-11/h8-9H,3-7H2,1-2H3,(H,13,18). The molecule has 0 bridgehead atoms. The van der Waals surface area contributed by atoms with E-state index in [1.165, 1.54) is 4.90 Å². The highest BCUT2D eigenvalue weighted by Gasteiger charge is 2.49. The van der Waals surface area contributed by atoms with Gasteiger partial charge in [-0.3, -0.25) is 0 Å². The maximum Gasteiger partial charge on any atom is 0.316 e. The average Bonchev–Trinajstić information content (AvgIpc) is 3.02. The van der Waals surface area contributed by atoms with E-state index in [0.29, 0.717) is 6.54 Å². The zero-order valence-corrected chi connectivity index (χ0v) is 12.5. The summed E-state index contributed by atoms with van der Waals surface area (Å²) in [5.74, 6) is 0. The fourth-order valence-electron chi connectivity index (χ4n) is 2.81. The first kappa shape index (κ1) is 13.6. The van der Waals surface area contributed by atoms with E-state index in [-0.39, 0.29) is 17.6 Å². The van der Waals surface area contributed by atoms with Crippen LogP contribution < -0.4 is 10.2 Å². The molecule has 1 spiro atoms. The van der Waals surface area contributed by atoms with Crippen molar-refractivity contribution in [1.82, 2.24) is 20.4 Å². The van der Waals surface area contributed by atoms with Gasteiger partial charge in [0.1, 0.15) is 5.51 Å². The van der Waals surface area contributed by atoms with Gasteiger partial charge in [0.15, 0.2) is 0 Å². The Kier molecular flexibility index (Phi) is 3.51. The van der Waals surface area contributed by atoms with Gasteiger partial charge in [0.2, 0.25) is 5.13 Å². The van der Waals surface area contributed by atoms with Crippen LogP contribution in [-0.4, -0.2) is 67.6 Å². The van der Waals surface area contributed by atoms with E-state index in [9.17, 15) is 4.79 Å². The van der Waals surface area contributed by atoms with Crippen LogP contribution in [0.25, 0.3) is 0 Å². The van der Waals surface area contributed by atoms with Crippen molar-refractivity contribution in [2.24, 2.45) is 5.41 Å². The summed E-state index contributed by atoms with van der Waals surface area (Å²) in [6.45, 7) is 3.29. The predicted molar refractivity (Wildman–Crippen MR) is 76.0 cm³/mol. The van der Waals surface area contributed by atoms with Gasteiger partial charge in [-0.2, -0.15) is 0 Å². The van der Waals surface area contributed by atoms with Crippen molar-refractivity contribution in [1.29, 1.82) is 0 Å². The summed E-state index contributed by atoms with van der Waals surface area (Å²) in [4.78, 5) is 15.3. The molecule has 2 fully saturated rings. The van der Waals surface area contributed by atoms with E-state index in [2.05, 4.69) is 20.4 Å². The van der Waals surface area contributed by atoms with Crippen molar-refractivity contribution in [3.63, 3.8) is 0 Å². The van der Waals surface area contributed by atoms with E-state index >= 15 is 0 Å². The Morgan fingerprint density at radius 3 is 3.10 bits per heavy atom. The van der Waals surface area contributed by atoms with Crippen molar-refractivity contribution in [2.45, 2.75) is 12.5 Å². The molecule has 2 aliphatic heterocycles. The van der Waals surface area contributed by atoms with Gasteiger partial charge in [-0.25, -0.2) is 4.79 Å². The lowest BCUT2D eigenvalue weighted by Crippen LogP contribution is -2.57. The van der Waals surface area contributed by atoms with Gasteiger partial charge in [0, 0.05) is 39.1 Å². The number of aromatic nitrogens is 2. The fraction of sp³-hybridized carbons (Fsp3) is 0.750. The zero-order chi connectivity index (χ0) is 14.2. The molecule has 3 rings (SSSR count). The maximum absolute atomic E-state index is 11.5. The molecular formula is C12H19N5O2S. The first-order valence-electron chi connectivity index (χ1n) is 6.66. The average molecular weight is 297 g/mol. The second-order valence-electron chi connectivity index (χ2n) is 5.79. The summed E-state index contributed by atoms with van der Waals surface area (Å²) in [7, 11) is 3.47. The number of ether oxygens (including phenoxy) is 1. The molecule has 8 heteroatoms. The Balaban J connectivity index is 1.45. The molecule has 1 N–H and O–H groups in total. The van der Waals surface area contributed by atoms with E-state index in [1.807, 2.05) is 0 Å². The lowest BCUT2D eigenvalue weighted by atomic mass is 9.78. The maximum atomic E-state index is 11.5. The van der Waals surface area contributed by atoms with Crippen molar-refractivity contribution < 1.29 is 9.53 Å². The number of urea groups is 1. The van der Waals surface area contributed by atoms with Gasteiger partial charge >= 0.3 is 6.03 Å². The summed E-state index contributed by atoms with van der Waals surface area (Å²) < 4.78 is 5.81. The molecule has 0 radical (unpaired) electrons. The Hall–Kier alpha value is -1.41. The highest BCUT2D eigenvalue weighted by atomic mass is 32.1. The van der Waals surface area contributed by atoms with Crippen molar-refractivity contribution >= 4 is 22.5 Å². The summed E-state index contributed by atoms with van der Waals surface area (Å²) in [6.07, 6.45) is 1.12. The lowest BCUT2D eigenvalue weighted by Gasteiger charge is -2.46. The Bertz CT molecular complexity index is 472. The third kappa shape index (κ3) is 2.57. The number of nitrogens with zero attached hydrogens (tertiary/aromatic N) is 4. The predicted octanol–water partition coefficient (Wildman–Crippen LogP) is 0.405. The van der Waals surface area contributed by atoms with E-state index in [4.69, 9.17) is 4.74 Å². The zero-order valence-electron chi connectivity index (χ0n) is 11.7. The minimum atomic E-state index is -0.0707. The molecule has 0 aliphatic carbocycles. The normalized spacial score (nSPS) is 23.7. The molecular weight excluding hydrogens is 278 g/mol. The van der Waals surface area contributed by atoms with Gasteiger partial charge in [0.05, 0.1) is 12.7 Å². The summed E-state index contributed by atoms with van der Waals surface area (Å²) in [5.41, 5.74) is 1.99. The van der Waals surface area contributed by atoms with Crippen LogP contribution in [0.5, 0.6) is 0 Å². The van der Waals surface area contributed by atoms with Crippen LogP contribution in [0.2, 0.25) is 0 Å². The van der Waals surface area contributed by atoms with E-state index in [1.54, 1.807) is 30.9 Å². The number of rotatable bonds is 3. The van der Waals surface area contributed by atoms with Gasteiger partial charge in [-0.05, 0) is 6.42 Å². The first-order valence-corrected chi connectivity index (χ1v) is 7.54. The smallest absolute Gasteiger partial charge is 0.316 e. The number of anilines is 1. The third-order valence-corrected chi connectivity index (χ3v) is 4.59. The van der Waals surface area contributed by atoms with Crippen LogP contribution in [-0.2, 0) is 4.74 Å². The molecule has 3 heterocycles. The topological polar surface area (TPSA) is 70.6 Å². The van der Waals surface area contributed by atoms with E-state index in [0.717, 1.165) is 31.2 Å². The van der Waals surface area contributed by atoms with Crippen LogP contribution in [0.15, 0.2) is 5.51 Å². The molecule has 1 atom stereocenters. The van der Waals surface area contributed by atoms with Crippen molar-refractivity contribution in [3.05, 3.63) is 5.51 Å². The second-order valence-corrected chi connectivity index (χ2v) is 6.61. The summed E-state index contributed by atoms with van der Waals surface area (Å²) in [5, 5.41) is 11.8. The number of hydrogen-bond acceptors (Lipinski definition) is 6. The van der Waals surface area contributed by atoms with Gasteiger partial charge in [-0.1, -0.05) is 11.3 Å². The van der Waals surface area contributed by atoms with Crippen LogP contribution in [0, 0.1) is 5.41 Å². The molecule has 2 amide bonds. The molecule has 7 nitrogen and oxygen atoms in total. The second kappa shape index (κ2) is 5.17. The van der Waals surface area contributed by atoms with E-state index < -0.39 is 0 Å². The number of hydrogen-bond donors (Lipinski definition) is 1. The molecule has 20 heavy (non-hydrogen) atoms. The highest BCUT2D eigenvalue weighted by Crippen LogP contribution is 2.43. The van der Waals surface area contributed by atoms with Crippen LogP contribution in [0.3, 0.4) is 0 Å². The Labute approximate surface area is 121 Å². The molecule has 1 unspecified atom stereocenters. The first-order chi connectivity index (χ1) is 9.58. The molecule has 0 aromatic carbocycles. The van der Waals surface area contributed by atoms with Gasteiger partial charge in [0.25, 0.3) is 0 Å². The molecule has 1 aromatic rings. The molecule has 1 aromatic heterocycles. The molecule has 110 valence electrons. The molecule has 2 aliphatic rings. The Morgan fingerprint density at radius 1 is 1.65 bits per heavy atom. The number of carbonyl (C=O) groups is 1. The van der Waals surface area contributed by atoms with Crippen LogP contribution >= 0.6 is 11.3 Å². The van der Waals surface area contributed by atoms with Gasteiger partial charge in [-0.15, -0.1) is 10.2 Å². The van der Waals surface area contributed by atoms with Crippen LogP contribution in [0.1, 0.15) is 6.42 Å². The monoisotopic (exact) mass is 297 g/mol. The molecule has 2 saturated heterocycles. The minimum absolute atomic E-state index is 0.0707. The highest BCUT2D eigenvalue weighted by molar-refractivity contribution is 7.13. The number of carbonyl (C=O) groups excluding carboxylic acids is 1. The third-order valence-electron chi connectivity index (χ3n) is 3.84. The summed E-state index contributed by atoms with van der Waals surface area (Å²) >= 11 is 1.57. The lowest BCUT2D eigenvalue weighted by molar-refractivity contribution is 0.0873. The molecule has 0 saturated carbocycles. The minimum Gasteiger partial charge on any atom is -0.376 e. The number of amides is 2. The van der Waals surface area contributed by atoms with Crippen molar-refractivity contribution in [3.8, 4) is 0 Å². The fourth-order valence-corrected chi connectivity index (χ4v) is 3.37. The van der Waals surface area contributed by atoms with Crippen molar-refractivity contribution in [2.75, 3.05) is 45.2 Å². The Morgan fingerprint density at radius 2 is 2.45 bits per heavy atom.